The van der Waals surface area contributed by atoms with E-state index in [0.29, 0.717) is 10.2 Å². The van der Waals surface area contributed by atoms with Crippen LogP contribution in [-0.2, 0) is 19.1 Å². The van der Waals surface area contributed by atoms with E-state index in [9.17, 15) is 14.4 Å². The Morgan fingerprint density at radius 2 is 1.96 bits per heavy atom. The van der Waals surface area contributed by atoms with Gasteiger partial charge in [0.05, 0.1) is 37.1 Å². The molecule has 0 fully saturated rings. The van der Waals surface area contributed by atoms with Crippen molar-refractivity contribution in [1.82, 2.24) is 4.90 Å². The topological polar surface area (TPSA) is 105 Å². The molecule has 0 saturated carbocycles. The van der Waals surface area contributed by atoms with Crippen LogP contribution in [0.4, 0.5) is 5.69 Å². The van der Waals surface area contributed by atoms with Crippen LogP contribution < -0.4 is 5.32 Å². The van der Waals surface area contributed by atoms with Crippen LogP contribution in [0.5, 0.6) is 0 Å². The summed E-state index contributed by atoms with van der Waals surface area (Å²) in [7, 11) is 1.22. The van der Waals surface area contributed by atoms with Gasteiger partial charge >= 0.3 is 11.9 Å². The lowest BCUT2D eigenvalue weighted by Gasteiger charge is -2.21. The number of nitrogens with one attached hydrogen (secondary N) is 1. The number of aliphatic hydroxyl groups excluding tert-OH is 1. The van der Waals surface area contributed by atoms with Crippen molar-refractivity contribution in [2.75, 3.05) is 32.1 Å². The first-order valence-electron chi connectivity index (χ1n) is 8.59. The number of benzene rings is 1. The molecule has 1 aromatic rings. The first-order chi connectivity index (χ1) is 13.1. The fourth-order valence-electron chi connectivity index (χ4n) is 2.61. The van der Waals surface area contributed by atoms with Gasteiger partial charge in [0.25, 0.3) is 5.91 Å². The SMILES string of the molecule is COC(=O)C1=C(Nc2ccc(Br)cc2C(=O)OC(C)(C)C)C(=O)N(CCO)C1. The van der Waals surface area contributed by atoms with Gasteiger partial charge in [-0.2, -0.15) is 0 Å². The molecular weight excluding hydrogens is 432 g/mol. The van der Waals surface area contributed by atoms with Gasteiger partial charge in [0.1, 0.15) is 11.3 Å². The normalized spacial score (nSPS) is 14.4. The van der Waals surface area contributed by atoms with Crippen molar-refractivity contribution in [3.8, 4) is 0 Å². The number of rotatable bonds is 6. The van der Waals surface area contributed by atoms with Crippen LogP contribution in [0.15, 0.2) is 33.9 Å². The third-order valence-corrected chi connectivity index (χ3v) is 4.31. The Hall–Kier alpha value is -2.39. The van der Waals surface area contributed by atoms with Gasteiger partial charge in [-0.25, -0.2) is 9.59 Å². The van der Waals surface area contributed by atoms with Crippen LogP contribution in [0.1, 0.15) is 31.1 Å². The standard InChI is InChI=1S/C19H23BrN2O6/c1-19(2,3)28-18(26)12-9-11(20)5-6-14(12)21-15-13(17(25)27-4)10-22(7-8-23)16(15)24/h5-6,9,21,23H,7-8,10H2,1-4H3. The fourth-order valence-corrected chi connectivity index (χ4v) is 2.97. The van der Waals surface area contributed by atoms with Crippen molar-refractivity contribution in [2.24, 2.45) is 0 Å². The van der Waals surface area contributed by atoms with E-state index in [4.69, 9.17) is 14.6 Å². The maximum atomic E-state index is 12.7. The van der Waals surface area contributed by atoms with E-state index in [1.54, 1.807) is 39.0 Å². The number of methoxy groups -OCH3 is 1. The molecule has 0 aliphatic carbocycles. The summed E-state index contributed by atoms with van der Waals surface area (Å²) in [5.41, 5.74) is -0.0530. The summed E-state index contributed by atoms with van der Waals surface area (Å²) in [6, 6.07) is 4.87. The zero-order valence-corrected chi connectivity index (χ0v) is 17.8. The summed E-state index contributed by atoms with van der Waals surface area (Å²) in [6.07, 6.45) is 0. The first kappa shape index (κ1) is 21.9. The Kier molecular flexibility index (Phi) is 6.84. The number of aliphatic hydroxyl groups is 1. The highest BCUT2D eigenvalue weighted by Crippen LogP contribution is 2.28. The van der Waals surface area contributed by atoms with Crippen molar-refractivity contribution in [1.29, 1.82) is 0 Å². The van der Waals surface area contributed by atoms with E-state index in [1.165, 1.54) is 12.0 Å². The summed E-state index contributed by atoms with van der Waals surface area (Å²) >= 11 is 3.32. The number of amides is 1. The Bertz CT molecular complexity index is 828. The van der Waals surface area contributed by atoms with E-state index in [-0.39, 0.29) is 36.5 Å². The third-order valence-electron chi connectivity index (χ3n) is 3.81. The summed E-state index contributed by atoms with van der Waals surface area (Å²) in [5, 5.41) is 12.0. The number of halogens is 1. The molecule has 0 aromatic heterocycles. The Balaban J connectivity index is 2.43. The zero-order valence-electron chi connectivity index (χ0n) is 16.2. The highest BCUT2D eigenvalue weighted by Gasteiger charge is 2.35. The minimum Gasteiger partial charge on any atom is -0.466 e. The lowest BCUT2D eigenvalue weighted by Crippen LogP contribution is -2.31. The smallest absolute Gasteiger partial charge is 0.340 e. The van der Waals surface area contributed by atoms with Crippen LogP contribution >= 0.6 is 15.9 Å². The molecule has 1 aliphatic heterocycles. The van der Waals surface area contributed by atoms with Gasteiger partial charge in [-0.15, -0.1) is 0 Å². The van der Waals surface area contributed by atoms with Gasteiger partial charge in [0.2, 0.25) is 0 Å². The largest absolute Gasteiger partial charge is 0.466 e. The predicted molar refractivity (Wildman–Crippen MR) is 106 cm³/mol. The number of ether oxygens (including phenoxy) is 2. The minimum absolute atomic E-state index is 0.00665. The quantitative estimate of drug-likeness (QED) is 0.633. The van der Waals surface area contributed by atoms with Crippen molar-refractivity contribution < 1.29 is 29.0 Å². The van der Waals surface area contributed by atoms with E-state index in [1.807, 2.05) is 0 Å². The molecule has 0 atom stereocenters. The van der Waals surface area contributed by atoms with Crippen LogP contribution in [0, 0.1) is 0 Å². The molecule has 1 heterocycles. The predicted octanol–water partition coefficient (Wildman–Crippen LogP) is 2.08. The number of carbonyl (C=O) groups excluding carboxylic acids is 3. The van der Waals surface area contributed by atoms with Crippen LogP contribution in [-0.4, -0.2) is 60.3 Å². The summed E-state index contributed by atoms with van der Waals surface area (Å²) in [4.78, 5) is 38.7. The van der Waals surface area contributed by atoms with Crippen LogP contribution in [0.3, 0.4) is 0 Å². The number of hydrogen-bond acceptors (Lipinski definition) is 7. The van der Waals surface area contributed by atoms with Crippen LogP contribution in [0.25, 0.3) is 0 Å². The fraction of sp³-hybridized carbons (Fsp3) is 0.421. The molecule has 2 N–H and O–H groups in total. The highest BCUT2D eigenvalue weighted by atomic mass is 79.9. The molecule has 0 spiro atoms. The second kappa shape index (κ2) is 8.74. The average Bonchev–Trinajstić information content (AvgIpc) is 2.91. The Labute approximate surface area is 171 Å². The van der Waals surface area contributed by atoms with Crippen molar-refractivity contribution in [3.63, 3.8) is 0 Å². The number of carbonyl (C=O) groups is 3. The van der Waals surface area contributed by atoms with Gasteiger partial charge in [0.15, 0.2) is 0 Å². The molecule has 1 aromatic carbocycles. The number of β-amino-alcohol motifs (C(OH)–C–C–N with tert-alkyl or cyclic N) is 1. The van der Waals surface area contributed by atoms with Crippen molar-refractivity contribution >= 4 is 39.5 Å². The monoisotopic (exact) mass is 454 g/mol. The Morgan fingerprint density at radius 1 is 1.29 bits per heavy atom. The summed E-state index contributed by atoms with van der Waals surface area (Å²) in [5.74, 6) is -1.70. The average molecular weight is 455 g/mol. The van der Waals surface area contributed by atoms with Crippen LogP contribution in [0.2, 0.25) is 0 Å². The highest BCUT2D eigenvalue weighted by molar-refractivity contribution is 9.10. The second-order valence-corrected chi connectivity index (χ2v) is 8.03. The first-order valence-corrected chi connectivity index (χ1v) is 9.38. The maximum absolute atomic E-state index is 12.7. The molecular formula is C19H23BrN2O6. The van der Waals surface area contributed by atoms with E-state index in [2.05, 4.69) is 21.2 Å². The van der Waals surface area contributed by atoms with Gasteiger partial charge in [-0.3, -0.25) is 4.79 Å². The molecule has 2 rings (SSSR count). The molecule has 0 bridgehead atoms. The summed E-state index contributed by atoms with van der Waals surface area (Å²) < 4.78 is 10.8. The number of hydrogen-bond donors (Lipinski definition) is 2. The molecule has 0 radical (unpaired) electrons. The number of esters is 2. The zero-order chi connectivity index (χ0) is 21.1. The van der Waals surface area contributed by atoms with E-state index in [0.717, 1.165) is 0 Å². The minimum atomic E-state index is -0.700. The second-order valence-electron chi connectivity index (χ2n) is 7.11. The third kappa shape index (κ3) is 5.11. The van der Waals surface area contributed by atoms with Crippen molar-refractivity contribution in [3.05, 3.63) is 39.5 Å². The van der Waals surface area contributed by atoms with Gasteiger partial charge in [0, 0.05) is 11.0 Å². The lowest BCUT2D eigenvalue weighted by molar-refractivity contribution is -0.136. The molecule has 28 heavy (non-hydrogen) atoms. The molecule has 0 saturated heterocycles. The molecule has 9 heteroatoms. The molecule has 1 amide bonds. The van der Waals surface area contributed by atoms with E-state index < -0.39 is 23.4 Å². The maximum Gasteiger partial charge on any atom is 0.340 e. The molecule has 1 aliphatic rings. The summed E-state index contributed by atoms with van der Waals surface area (Å²) in [6.45, 7) is 5.09. The number of anilines is 1. The van der Waals surface area contributed by atoms with E-state index >= 15 is 0 Å². The molecule has 152 valence electrons. The van der Waals surface area contributed by atoms with Crippen molar-refractivity contribution in [2.45, 2.75) is 26.4 Å². The molecule has 8 nitrogen and oxygen atoms in total. The molecule has 0 unspecified atom stereocenters. The number of nitrogens with zero attached hydrogens (tertiary/aromatic N) is 1. The van der Waals surface area contributed by atoms with Gasteiger partial charge < -0.3 is 24.8 Å². The van der Waals surface area contributed by atoms with Gasteiger partial charge in [-0.05, 0) is 39.0 Å². The Morgan fingerprint density at radius 3 is 2.54 bits per heavy atom. The lowest BCUT2D eigenvalue weighted by atomic mass is 10.1. The van der Waals surface area contributed by atoms with Gasteiger partial charge in [-0.1, -0.05) is 15.9 Å².